The standard InChI is InChI=1S/C13H17Cl2NO3/c14-10-2-1-8(5-11(10)15)9-6-16-3-4-19-13(9)12(18)7-17/h1-2,5,9,12-13,16-18H,3-4,6-7H2/t9-,12+,13+/m1/s1. The molecule has 1 aromatic carbocycles. The van der Waals surface area contributed by atoms with Crippen molar-refractivity contribution in [2.75, 3.05) is 26.3 Å². The van der Waals surface area contributed by atoms with Gasteiger partial charge in [-0.1, -0.05) is 29.3 Å². The number of rotatable bonds is 3. The van der Waals surface area contributed by atoms with Crippen molar-refractivity contribution in [3.63, 3.8) is 0 Å². The second-order valence-corrected chi connectivity index (χ2v) is 5.38. The minimum absolute atomic E-state index is 0.0839. The van der Waals surface area contributed by atoms with E-state index in [1.165, 1.54) is 0 Å². The lowest BCUT2D eigenvalue weighted by atomic mass is 9.90. The molecule has 0 aliphatic carbocycles. The fourth-order valence-electron chi connectivity index (χ4n) is 2.29. The molecule has 3 N–H and O–H groups in total. The quantitative estimate of drug-likeness (QED) is 0.790. The Balaban J connectivity index is 2.28. The molecule has 0 amide bonds. The van der Waals surface area contributed by atoms with Crippen LogP contribution in [0.3, 0.4) is 0 Å². The minimum atomic E-state index is -0.917. The predicted molar refractivity (Wildman–Crippen MR) is 74.9 cm³/mol. The number of hydrogen-bond donors (Lipinski definition) is 3. The first-order valence-corrected chi connectivity index (χ1v) is 6.95. The molecule has 0 aromatic heterocycles. The molecule has 0 radical (unpaired) electrons. The number of aliphatic hydroxyl groups excluding tert-OH is 2. The molecule has 0 saturated carbocycles. The largest absolute Gasteiger partial charge is 0.394 e. The molecule has 1 aliphatic rings. The smallest absolute Gasteiger partial charge is 0.104 e. The van der Waals surface area contributed by atoms with E-state index in [1.54, 1.807) is 12.1 Å². The number of ether oxygens (including phenoxy) is 1. The van der Waals surface area contributed by atoms with E-state index in [-0.39, 0.29) is 12.5 Å². The lowest BCUT2D eigenvalue weighted by Crippen LogP contribution is -2.38. The molecule has 6 heteroatoms. The van der Waals surface area contributed by atoms with Crippen molar-refractivity contribution < 1.29 is 14.9 Å². The normalized spacial score (nSPS) is 25.9. The molecule has 1 saturated heterocycles. The minimum Gasteiger partial charge on any atom is -0.394 e. The monoisotopic (exact) mass is 305 g/mol. The Kier molecular flexibility index (Phi) is 5.45. The van der Waals surface area contributed by atoms with Crippen LogP contribution >= 0.6 is 23.2 Å². The fourth-order valence-corrected chi connectivity index (χ4v) is 2.60. The summed E-state index contributed by atoms with van der Waals surface area (Å²) in [4.78, 5) is 0. The SMILES string of the molecule is OC[C@H](O)[C@H]1OCCNC[C@@H]1c1ccc(Cl)c(Cl)c1. The van der Waals surface area contributed by atoms with Gasteiger partial charge in [0.05, 0.1) is 29.4 Å². The molecule has 0 spiro atoms. The Hall–Kier alpha value is -0.360. The third-order valence-electron chi connectivity index (χ3n) is 3.29. The Labute approximate surface area is 122 Å². The number of hydrogen-bond acceptors (Lipinski definition) is 4. The highest BCUT2D eigenvalue weighted by atomic mass is 35.5. The summed E-state index contributed by atoms with van der Waals surface area (Å²) in [6.07, 6.45) is -1.38. The maximum atomic E-state index is 9.90. The van der Waals surface area contributed by atoms with Gasteiger partial charge in [-0.25, -0.2) is 0 Å². The number of halogens is 2. The Morgan fingerprint density at radius 1 is 1.37 bits per heavy atom. The van der Waals surface area contributed by atoms with Crippen LogP contribution in [0.4, 0.5) is 0 Å². The molecule has 4 nitrogen and oxygen atoms in total. The van der Waals surface area contributed by atoms with Crippen LogP contribution in [0.2, 0.25) is 10.0 Å². The topological polar surface area (TPSA) is 61.7 Å². The van der Waals surface area contributed by atoms with Gasteiger partial charge in [-0.05, 0) is 17.7 Å². The van der Waals surface area contributed by atoms with Gasteiger partial charge in [-0.3, -0.25) is 0 Å². The van der Waals surface area contributed by atoms with Crippen LogP contribution in [-0.4, -0.2) is 48.7 Å². The molecule has 1 aromatic rings. The van der Waals surface area contributed by atoms with Gasteiger partial charge in [-0.15, -0.1) is 0 Å². The van der Waals surface area contributed by atoms with Crippen LogP contribution in [0.15, 0.2) is 18.2 Å². The van der Waals surface area contributed by atoms with Gasteiger partial charge in [0, 0.05) is 19.0 Å². The van der Waals surface area contributed by atoms with Crippen molar-refractivity contribution in [3.8, 4) is 0 Å². The Morgan fingerprint density at radius 2 is 2.16 bits per heavy atom. The Morgan fingerprint density at radius 3 is 2.84 bits per heavy atom. The molecule has 106 valence electrons. The molecule has 0 bridgehead atoms. The molecular weight excluding hydrogens is 289 g/mol. The van der Waals surface area contributed by atoms with Gasteiger partial charge in [0.15, 0.2) is 0 Å². The van der Waals surface area contributed by atoms with Gasteiger partial charge in [0.25, 0.3) is 0 Å². The molecule has 1 fully saturated rings. The second-order valence-electron chi connectivity index (χ2n) is 4.57. The lowest BCUT2D eigenvalue weighted by Gasteiger charge is -2.28. The van der Waals surface area contributed by atoms with E-state index in [2.05, 4.69) is 5.32 Å². The lowest BCUT2D eigenvalue weighted by molar-refractivity contribution is -0.0609. The zero-order valence-corrected chi connectivity index (χ0v) is 11.9. The van der Waals surface area contributed by atoms with Crippen LogP contribution in [0.1, 0.15) is 11.5 Å². The van der Waals surface area contributed by atoms with Crippen LogP contribution in [0, 0.1) is 0 Å². The summed E-state index contributed by atoms with van der Waals surface area (Å²) in [7, 11) is 0. The van der Waals surface area contributed by atoms with E-state index >= 15 is 0 Å². The summed E-state index contributed by atoms with van der Waals surface area (Å²) in [6, 6.07) is 5.38. The Bertz CT molecular complexity index is 430. The van der Waals surface area contributed by atoms with Gasteiger partial charge < -0.3 is 20.3 Å². The van der Waals surface area contributed by atoms with E-state index in [0.29, 0.717) is 29.7 Å². The first kappa shape index (κ1) is 15.0. The van der Waals surface area contributed by atoms with Gasteiger partial charge in [0.2, 0.25) is 0 Å². The number of nitrogens with one attached hydrogen (secondary N) is 1. The molecule has 1 aliphatic heterocycles. The maximum absolute atomic E-state index is 9.90. The zero-order chi connectivity index (χ0) is 13.8. The second kappa shape index (κ2) is 6.88. The molecule has 3 atom stereocenters. The van der Waals surface area contributed by atoms with E-state index in [4.69, 9.17) is 33.0 Å². The third kappa shape index (κ3) is 3.60. The van der Waals surface area contributed by atoms with Crippen molar-refractivity contribution in [3.05, 3.63) is 33.8 Å². The van der Waals surface area contributed by atoms with Crippen LogP contribution in [0.25, 0.3) is 0 Å². The van der Waals surface area contributed by atoms with Crippen LogP contribution in [-0.2, 0) is 4.74 Å². The van der Waals surface area contributed by atoms with Gasteiger partial charge >= 0.3 is 0 Å². The molecule has 2 rings (SSSR count). The number of aliphatic hydroxyl groups is 2. The van der Waals surface area contributed by atoms with Crippen molar-refractivity contribution >= 4 is 23.2 Å². The molecule has 0 unspecified atom stereocenters. The highest BCUT2D eigenvalue weighted by Gasteiger charge is 2.31. The molecule has 1 heterocycles. The maximum Gasteiger partial charge on any atom is 0.104 e. The van der Waals surface area contributed by atoms with E-state index in [9.17, 15) is 5.11 Å². The first-order chi connectivity index (χ1) is 9.13. The summed E-state index contributed by atoms with van der Waals surface area (Å²) in [6.45, 7) is 1.54. The average molecular weight is 306 g/mol. The van der Waals surface area contributed by atoms with Crippen molar-refractivity contribution in [1.82, 2.24) is 5.32 Å². The fraction of sp³-hybridized carbons (Fsp3) is 0.538. The molecule has 19 heavy (non-hydrogen) atoms. The average Bonchev–Trinajstić information content (AvgIpc) is 2.66. The van der Waals surface area contributed by atoms with E-state index in [0.717, 1.165) is 5.56 Å². The summed E-state index contributed by atoms with van der Waals surface area (Å²) in [5.41, 5.74) is 0.932. The van der Waals surface area contributed by atoms with Crippen LogP contribution < -0.4 is 5.32 Å². The van der Waals surface area contributed by atoms with E-state index in [1.807, 2.05) is 6.07 Å². The highest BCUT2D eigenvalue weighted by molar-refractivity contribution is 6.42. The summed E-state index contributed by atoms with van der Waals surface area (Å²) < 4.78 is 5.64. The first-order valence-electron chi connectivity index (χ1n) is 6.19. The summed E-state index contributed by atoms with van der Waals surface area (Å²) in [5, 5.41) is 23.3. The van der Waals surface area contributed by atoms with E-state index < -0.39 is 12.2 Å². The van der Waals surface area contributed by atoms with Crippen LogP contribution in [0.5, 0.6) is 0 Å². The zero-order valence-electron chi connectivity index (χ0n) is 10.4. The highest BCUT2D eigenvalue weighted by Crippen LogP contribution is 2.30. The van der Waals surface area contributed by atoms with Crippen molar-refractivity contribution in [1.29, 1.82) is 0 Å². The summed E-state index contributed by atoms with van der Waals surface area (Å²) in [5.74, 6) is -0.0839. The predicted octanol–water partition coefficient (Wildman–Crippen LogP) is 1.42. The third-order valence-corrected chi connectivity index (χ3v) is 4.03. The molecular formula is C13H17Cl2NO3. The van der Waals surface area contributed by atoms with Crippen molar-refractivity contribution in [2.24, 2.45) is 0 Å². The number of benzene rings is 1. The van der Waals surface area contributed by atoms with Gasteiger partial charge in [-0.2, -0.15) is 0 Å². The van der Waals surface area contributed by atoms with Crippen molar-refractivity contribution in [2.45, 2.75) is 18.1 Å². The van der Waals surface area contributed by atoms with Gasteiger partial charge in [0.1, 0.15) is 6.10 Å². The summed E-state index contributed by atoms with van der Waals surface area (Å²) >= 11 is 11.9.